The zero-order chi connectivity index (χ0) is 12.5. The lowest BCUT2D eigenvalue weighted by molar-refractivity contribution is 0.190. The number of aromatic nitrogens is 4. The van der Waals surface area contributed by atoms with Gasteiger partial charge in [-0.1, -0.05) is 5.16 Å². The number of piperazine rings is 1. The quantitative estimate of drug-likeness (QED) is 0.847. The zero-order valence-corrected chi connectivity index (χ0v) is 11.7. The molecule has 0 aromatic carbocycles. The second-order valence-corrected chi connectivity index (χ2v) is 4.59. The molecule has 7 nitrogen and oxygen atoms in total. The Labute approximate surface area is 117 Å². The molecule has 3 heterocycles. The summed E-state index contributed by atoms with van der Waals surface area (Å²) >= 11 is 0. The average molecular weight is 285 g/mol. The number of halogens is 1. The van der Waals surface area contributed by atoms with Gasteiger partial charge >= 0.3 is 0 Å². The number of nitrogens with zero attached hydrogens (tertiary/aromatic N) is 4. The minimum absolute atomic E-state index is 0. The maximum Gasteiger partial charge on any atom is 0.278 e. The van der Waals surface area contributed by atoms with E-state index in [9.17, 15) is 0 Å². The number of likely N-dealkylation sites (N-methyl/N-ethyl adjacent to an activating group) is 1. The predicted molar refractivity (Wildman–Crippen MR) is 72.1 cm³/mol. The van der Waals surface area contributed by atoms with Crippen LogP contribution in [0.5, 0.6) is 0 Å². The van der Waals surface area contributed by atoms with Crippen LogP contribution in [0.25, 0.3) is 11.6 Å². The highest BCUT2D eigenvalue weighted by Gasteiger charge is 2.25. The zero-order valence-electron chi connectivity index (χ0n) is 10.9. The Hall–Kier alpha value is -1.44. The average Bonchev–Trinajstić information content (AvgIpc) is 2.98. The van der Waals surface area contributed by atoms with Crippen molar-refractivity contribution < 1.29 is 4.52 Å². The second-order valence-electron chi connectivity index (χ2n) is 4.59. The molecule has 0 bridgehead atoms. The van der Waals surface area contributed by atoms with Crippen LogP contribution in [0.2, 0.25) is 0 Å². The van der Waals surface area contributed by atoms with E-state index in [0.717, 1.165) is 25.3 Å². The van der Waals surface area contributed by atoms with E-state index in [1.165, 1.54) is 0 Å². The molecule has 3 rings (SSSR count). The second kappa shape index (κ2) is 5.68. The van der Waals surface area contributed by atoms with Crippen molar-refractivity contribution in [3.05, 3.63) is 17.6 Å². The Morgan fingerprint density at radius 2 is 2.32 bits per heavy atom. The first-order chi connectivity index (χ1) is 8.74. The smallest absolute Gasteiger partial charge is 0.278 e. The van der Waals surface area contributed by atoms with Gasteiger partial charge in [0.1, 0.15) is 0 Å². The molecule has 8 heteroatoms. The molecule has 0 radical (unpaired) electrons. The number of hydrogen-bond acceptors (Lipinski definition) is 6. The first-order valence-electron chi connectivity index (χ1n) is 6.01. The van der Waals surface area contributed by atoms with Gasteiger partial charge in [-0.05, 0) is 20.0 Å². The van der Waals surface area contributed by atoms with Gasteiger partial charge in [-0.3, -0.25) is 10.00 Å². The van der Waals surface area contributed by atoms with E-state index < -0.39 is 0 Å². The van der Waals surface area contributed by atoms with Crippen molar-refractivity contribution in [3.8, 4) is 11.6 Å². The minimum Gasteiger partial charge on any atom is -0.332 e. The van der Waals surface area contributed by atoms with E-state index in [0.29, 0.717) is 17.4 Å². The molecule has 19 heavy (non-hydrogen) atoms. The maximum absolute atomic E-state index is 5.27. The summed E-state index contributed by atoms with van der Waals surface area (Å²) in [6.45, 7) is 4.76. The van der Waals surface area contributed by atoms with E-state index in [1.54, 1.807) is 0 Å². The highest BCUT2D eigenvalue weighted by Crippen LogP contribution is 2.21. The van der Waals surface area contributed by atoms with Crippen LogP contribution in [-0.4, -0.2) is 51.9 Å². The van der Waals surface area contributed by atoms with Crippen LogP contribution in [-0.2, 0) is 0 Å². The number of hydrogen-bond donors (Lipinski definition) is 2. The van der Waals surface area contributed by atoms with Crippen molar-refractivity contribution in [1.29, 1.82) is 0 Å². The SMILES string of the molecule is Cc1cc(-c2nc(C3CNCCN3C)no2)n[nH]1.Cl. The van der Waals surface area contributed by atoms with Crippen molar-refractivity contribution in [2.75, 3.05) is 26.7 Å². The summed E-state index contributed by atoms with van der Waals surface area (Å²) in [5, 5.41) is 14.4. The van der Waals surface area contributed by atoms with Gasteiger partial charge in [0.25, 0.3) is 5.89 Å². The first kappa shape index (κ1) is 14.0. The molecule has 2 N–H and O–H groups in total. The molecule has 0 spiro atoms. The lowest BCUT2D eigenvalue weighted by Gasteiger charge is -2.30. The van der Waals surface area contributed by atoms with Gasteiger partial charge < -0.3 is 9.84 Å². The summed E-state index contributed by atoms with van der Waals surface area (Å²) in [6, 6.07) is 2.05. The summed E-state index contributed by atoms with van der Waals surface area (Å²) < 4.78 is 5.27. The third kappa shape index (κ3) is 2.78. The van der Waals surface area contributed by atoms with E-state index >= 15 is 0 Å². The summed E-state index contributed by atoms with van der Waals surface area (Å²) in [7, 11) is 2.07. The fourth-order valence-electron chi connectivity index (χ4n) is 2.10. The minimum atomic E-state index is 0. The van der Waals surface area contributed by atoms with Gasteiger partial charge in [-0.25, -0.2) is 0 Å². The fourth-order valence-corrected chi connectivity index (χ4v) is 2.10. The van der Waals surface area contributed by atoms with Crippen molar-refractivity contribution in [3.63, 3.8) is 0 Å². The lowest BCUT2D eigenvalue weighted by Crippen LogP contribution is -2.44. The maximum atomic E-state index is 5.27. The largest absolute Gasteiger partial charge is 0.332 e. The number of aryl methyl sites for hydroxylation is 1. The van der Waals surface area contributed by atoms with Gasteiger partial charge in [-0.2, -0.15) is 10.1 Å². The molecule has 2 aromatic heterocycles. The molecule has 0 saturated carbocycles. The topological polar surface area (TPSA) is 82.9 Å². The first-order valence-corrected chi connectivity index (χ1v) is 6.01. The van der Waals surface area contributed by atoms with Gasteiger partial charge in [0.15, 0.2) is 11.5 Å². The number of aromatic amines is 1. The molecule has 1 saturated heterocycles. The summed E-state index contributed by atoms with van der Waals surface area (Å²) in [5.41, 5.74) is 1.67. The van der Waals surface area contributed by atoms with Crippen LogP contribution in [0, 0.1) is 6.92 Å². The molecule has 1 aliphatic heterocycles. The summed E-state index contributed by atoms with van der Waals surface area (Å²) in [6.07, 6.45) is 0. The monoisotopic (exact) mass is 284 g/mol. The van der Waals surface area contributed by atoms with Crippen LogP contribution in [0.1, 0.15) is 17.6 Å². The van der Waals surface area contributed by atoms with E-state index in [-0.39, 0.29) is 18.4 Å². The summed E-state index contributed by atoms with van der Waals surface area (Å²) in [4.78, 5) is 6.65. The van der Waals surface area contributed by atoms with Crippen LogP contribution < -0.4 is 5.32 Å². The molecule has 1 atom stereocenters. The molecule has 1 unspecified atom stereocenters. The van der Waals surface area contributed by atoms with Crippen LogP contribution in [0.4, 0.5) is 0 Å². The molecule has 0 aliphatic carbocycles. The molecular weight excluding hydrogens is 268 g/mol. The van der Waals surface area contributed by atoms with Crippen molar-refractivity contribution in [1.82, 2.24) is 30.6 Å². The number of rotatable bonds is 2. The Morgan fingerprint density at radius 3 is 3.00 bits per heavy atom. The van der Waals surface area contributed by atoms with Crippen LogP contribution in [0.3, 0.4) is 0 Å². The molecular formula is C11H17ClN6O. The Balaban J connectivity index is 0.00000133. The van der Waals surface area contributed by atoms with Gasteiger partial charge in [0.2, 0.25) is 0 Å². The fraction of sp³-hybridized carbons (Fsp3) is 0.545. The molecule has 104 valence electrons. The van der Waals surface area contributed by atoms with Crippen molar-refractivity contribution in [2.24, 2.45) is 0 Å². The van der Waals surface area contributed by atoms with E-state index in [2.05, 4.69) is 37.6 Å². The number of nitrogens with one attached hydrogen (secondary N) is 2. The van der Waals surface area contributed by atoms with Crippen molar-refractivity contribution in [2.45, 2.75) is 13.0 Å². The van der Waals surface area contributed by atoms with Gasteiger partial charge in [-0.15, -0.1) is 12.4 Å². The summed E-state index contributed by atoms with van der Waals surface area (Å²) in [5.74, 6) is 1.17. The normalized spacial score (nSPS) is 20.2. The highest BCUT2D eigenvalue weighted by atomic mass is 35.5. The van der Waals surface area contributed by atoms with E-state index in [1.807, 2.05) is 13.0 Å². The standard InChI is InChI=1S/C11H16N6O.ClH/c1-7-5-8(15-14-7)11-13-10(16-18-11)9-6-12-3-4-17(9)2;/h5,9,12H,3-4,6H2,1-2H3,(H,14,15);1H. The van der Waals surface area contributed by atoms with Gasteiger partial charge in [0.05, 0.1) is 6.04 Å². The van der Waals surface area contributed by atoms with E-state index in [4.69, 9.17) is 4.52 Å². The predicted octanol–water partition coefficient (Wildman–Crippen LogP) is 0.766. The molecule has 1 fully saturated rings. The molecule has 2 aromatic rings. The lowest BCUT2D eigenvalue weighted by atomic mass is 10.2. The molecule has 1 aliphatic rings. The van der Waals surface area contributed by atoms with Crippen LogP contribution >= 0.6 is 12.4 Å². The van der Waals surface area contributed by atoms with Crippen molar-refractivity contribution >= 4 is 12.4 Å². The third-order valence-electron chi connectivity index (χ3n) is 3.18. The molecule has 0 amide bonds. The number of H-pyrrole nitrogens is 1. The Bertz CT molecular complexity index is 539. The van der Waals surface area contributed by atoms with Gasteiger partial charge in [0, 0.05) is 25.3 Å². The third-order valence-corrected chi connectivity index (χ3v) is 3.18. The Kier molecular flexibility index (Phi) is 4.18. The highest BCUT2D eigenvalue weighted by molar-refractivity contribution is 5.85. The van der Waals surface area contributed by atoms with Crippen LogP contribution in [0.15, 0.2) is 10.6 Å². The Morgan fingerprint density at radius 1 is 1.47 bits per heavy atom.